The summed E-state index contributed by atoms with van der Waals surface area (Å²) in [6.07, 6.45) is 4.71. The van der Waals surface area contributed by atoms with Crippen molar-refractivity contribution < 1.29 is 14.3 Å². The minimum absolute atomic E-state index is 0.00411. The highest BCUT2D eigenvalue weighted by Gasteiger charge is 2.33. The number of amides is 2. The zero-order valence-corrected chi connectivity index (χ0v) is 21.0. The van der Waals surface area contributed by atoms with Gasteiger partial charge in [-0.15, -0.1) is 0 Å². The Hall–Kier alpha value is -3.38. The Morgan fingerprint density at radius 2 is 1.63 bits per heavy atom. The van der Waals surface area contributed by atoms with E-state index < -0.39 is 0 Å². The molecule has 1 saturated heterocycles. The molecule has 0 bridgehead atoms. The molecule has 3 aromatic carbocycles. The number of hydrogen-bond donors (Lipinski definition) is 0. The molecule has 0 N–H and O–H groups in total. The number of piperidine rings is 1. The van der Waals surface area contributed by atoms with Crippen LogP contribution < -0.4 is 9.64 Å². The van der Waals surface area contributed by atoms with E-state index in [2.05, 4.69) is 40.2 Å². The lowest BCUT2D eigenvalue weighted by Crippen LogP contribution is -2.47. The van der Waals surface area contributed by atoms with E-state index in [1.54, 1.807) is 11.0 Å². The van der Waals surface area contributed by atoms with Gasteiger partial charge in [-0.3, -0.25) is 14.5 Å². The highest BCUT2D eigenvalue weighted by Crippen LogP contribution is 2.36. The Bertz CT molecular complexity index is 1250. The molecule has 2 heterocycles. The number of ether oxygens (including phenoxy) is 1. The van der Waals surface area contributed by atoms with Crippen molar-refractivity contribution >= 4 is 39.5 Å². The molecule has 0 radical (unpaired) electrons. The molecule has 178 valence electrons. The third-order valence-corrected chi connectivity index (χ3v) is 7.37. The van der Waals surface area contributed by atoms with Crippen molar-refractivity contribution in [2.75, 3.05) is 24.5 Å². The summed E-state index contributed by atoms with van der Waals surface area (Å²) in [5.41, 5.74) is 2.80. The van der Waals surface area contributed by atoms with Gasteiger partial charge in [0.1, 0.15) is 6.54 Å². The normalized spacial score (nSPS) is 17.3. The molecular weight excluding hydrogens is 504 g/mol. The third-order valence-electron chi connectivity index (χ3n) is 6.65. The molecule has 0 spiro atoms. The standard InChI is InChI=1S/C29H27BrN2O3/c30-24-11-5-4-10-23(24)19-27-29(34)32(25-12-6-7-13-26(25)35-27)20-28(33)31-16-14-22(15-17-31)18-21-8-2-1-3-9-21/h1-13,19,22H,14-18,20H2/b27-19+. The summed E-state index contributed by atoms with van der Waals surface area (Å²) >= 11 is 3.52. The van der Waals surface area contributed by atoms with Crippen LogP contribution in [0.3, 0.4) is 0 Å². The number of nitrogens with zero attached hydrogens (tertiary/aromatic N) is 2. The minimum Gasteiger partial charge on any atom is -0.449 e. The quantitative estimate of drug-likeness (QED) is 0.397. The molecule has 2 amide bonds. The second-order valence-electron chi connectivity index (χ2n) is 9.01. The molecule has 5 nitrogen and oxygen atoms in total. The highest BCUT2D eigenvalue weighted by atomic mass is 79.9. The van der Waals surface area contributed by atoms with Crippen molar-refractivity contribution in [2.45, 2.75) is 19.3 Å². The number of fused-ring (bicyclic) bond motifs is 1. The van der Waals surface area contributed by atoms with Gasteiger partial charge >= 0.3 is 0 Å². The molecule has 5 rings (SSSR count). The van der Waals surface area contributed by atoms with Gasteiger partial charge in [-0.2, -0.15) is 0 Å². The van der Waals surface area contributed by atoms with Gasteiger partial charge in [0.2, 0.25) is 5.91 Å². The Morgan fingerprint density at radius 1 is 0.943 bits per heavy atom. The summed E-state index contributed by atoms with van der Waals surface area (Å²) in [4.78, 5) is 30.1. The van der Waals surface area contributed by atoms with Gasteiger partial charge in [0.05, 0.1) is 5.69 Å². The van der Waals surface area contributed by atoms with E-state index in [1.165, 1.54) is 5.56 Å². The highest BCUT2D eigenvalue weighted by molar-refractivity contribution is 9.10. The molecule has 35 heavy (non-hydrogen) atoms. The van der Waals surface area contributed by atoms with Gasteiger partial charge in [-0.25, -0.2) is 0 Å². The topological polar surface area (TPSA) is 49.9 Å². The van der Waals surface area contributed by atoms with Crippen LogP contribution >= 0.6 is 15.9 Å². The number of carbonyl (C=O) groups is 2. The molecule has 0 unspecified atom stereocenters. The summed E-state index contributed by atoms with van der Waals surface area (Å²) in [6, 6.07) is 25.5. The van der Waals surface area contributed by atoms with E-state index in [1.807, 2.05) is 59.5 Å². The maximum Gasteiger partial charge on any atom is 0.294 e. The van der Waals surface area contributed by atoms with E-state index in [9.17, 15) is 9.59 Å². The maximum atomic E-state index is 13.4. The molecule has 0 aromatic heterocycles. The van der Waals surface area contributed by atoms with Crippen LogP contribution in [-0.4, -0.2) is 36.3 Å². The Morgan fingerprint density at radius 3 is 2.40 bits per heavy atom. The number of carbonyl (C=O) groups excluding carboxylic acids is 2. The van der Waals surface area contributed by atoms with Gasteiger partial charge in [0.15, 0.2) is 11.5 Å². The molecular formula is C29H27BrN2O3. The average molecular weight is 531 g/mol. The van der Waals surface area contributed by atoms with Gasteiger partial charge in [-0.05, 0) is 60.6 Å². The van der Waals surface area contributed by atoms with Crippen molar-refractivity contribution in [2.24, 2.45) is 5.92 Å². The monoisotopic (exact) mass is 530 g/mol. The number of rotatable bonds is 5. The average Bonchev–Trinajstić information content (AvgIpc) is 2.89. The first-order chi connectivity index (χ1) is 17.1. The fraction of sp³-hybridized carbons (Fsp3) is 0.241. The first-order valence-electron chi connectivity index (χ1n) is 11.9. The van der Waals surface area contributed by atoms with Crippen LogP contribution in [0.15, 0.2) is 89.1 Å². The summed E-state index contributed by atoms with van der Waals surface area (Å²) in [6.45, 7) is 1.43. The van der Waals surface area contributed by atoms with E-state index in [0.29, 0.717) is 17.4 Å². The lowest BCUT2D eigenvalue weighted by atomic mass is 9.90. The molecule has 1 fully saturated rings. The predicted octanol–water partition coefficient (Wildman–Crippen LogP) is 5.70. The van der Waals surface area contributed by atoms with Gasteiger partial charge in [0, 0.05) is 17.6 Å². The van der Waals surface area contributed by atoms with Gasteiger partial charge < -0.3 is 9.64 Å². The van der Waals surface area contributed by atoms with Crippen molar-refractivity contribution in [3.8, 4) is 5.75 Å². The first-order valence-corrected chi connectivity index (χ1v) is 12.7. The number of halogens is 1. The maximum absolute atomic E-state index is 13.4. The van der Waals surface area contributed by atoms with Crippen molar-refractivity contribution in [3.63, 3.8) is 0 Å². The zero-order chi connectivity index (χ0) is 24.2. The second-order valence-corrected chi connectivity index (χ2v) is 9.86. The summed E-state index contributed by atoms with van der Waals surface area (Å²) in [5, 5.41) is 0. The number of likely N-dealkylation sites (tertiary alicyclic amines) is 1. The molecule has 3 aromatic rings. The molecule has 2 aliphatic heterocycles. The third kappa shape index (κ3) is 5.33. The van der Waals surface area contributed by atoms with Gasteiger partial charge in [-0.1, -0.05) is 76.6 Å². The van der Waals surface area contributed by atoms with Crippen LogP contribution in [0.2, 0.25) is 0 Å². The smallest absolute Gasteiger partial charge is 0.294 e. The van der Waals surface area contributed by atoms with Crippen molar-refractivity contribution in [1.82, 2.24) is 4.90 Å². The van der Waals surface area contributed by atoms with Crippen LogP contribution in [0.1, 0.15) is 24.0 Å². The largest absolute Gasteiger partial charge is 0.449 e. The zero-order valence-electron chi connectivity index (χ0n) is 19.4. The lowest BCUT2D eigenvalue weighted by molar-refractivity contribution is -0.132. The number of para-hydroxylation sites is 2. The number of hydrogen-bond acceptors (Lipinski definition) is 3. The minimum atomic E-state index is -0.313. The molecule has 6 heteroatoms. The first kappa shape index (κ1) is 23.4. The summed E-state index contributed by atoms with van der Waals surface area (Å²) in [5.74, 6) is 0.996. The summed E-state index contributed by atoms with van der Waals surface area (Å²) < 4.78 is 6.82. The summed E-state index contributed by atoms with van der Waals surface area (Å²) in [7, 11) is 0. The Balaban J connectivity index is 1.29. The second kappa shape index (κ2) is 10.5. The Labute approximate surface area is 214 Å². The lowest BCUT2D eigenvalue weighted by Gasteiger charge is -2.35. The molecule has 0 saturated carbocycles. The van der Waals surface area contributed by atoms with E-state index in [4.69, 9.17) is 4.74 Å². The van der Waals surface area contributed by atoms with E-state index in [-0.39, 0.29) is 24.1 Å². The number of anilines is 1. The fourth-order valence-electron chi connectivity index (χ4n) is 4.72. The van der Waals surface area contributed by atoms with Crippen LogP contribution in [0.4, 0.5) is 5.69 Å². The number of benzene rings is 3. The van der Waals surface area contributed by atoms with Crippen LogP contribution in [-0.2, 0) is 16.0 Å². The van der Waals surface area contributed by atoms with Crippen molar-refractivity contribution in [3.05, 3.63) is 100 Å². The van der Waals surface area contributed by atoms with E-state index >= 15 is 0 Å². The fourth-order valence-corrected chi connectivity index (χ4v) is 5.12. The van der Waals surface area contributed by atoms with Gasteiger partial charge in [0.25, 0.3) is 5.91 Å². The molecule has 0 aliphatic carbocycles. The van der Waals surface area contributed by atoms with Crippen molar-refractivity contribution in [1.29, 1.82) is 0 Å². The van der Waals surface area contributed by atoms with Crippen LogP contribution in [0.5, 0.6) is 5.75 Å². The predicted molar refractivity (Wildman–Crippen MR) is 141 cm³/mol. The van der Waals surface area contributed by atoms with Crippen LogP contribution in [0, 0.1) is 5.92 Å². The molecule has 2 aliphatic rings. The Kier molecular flexibility index (Phi) is 7.00. The SMILES string of the molecule is O=C(CN1C(=O)/C(=C\c2ccccc2Br)Oc2ccccc21)N1CCC(Cc2ccccc2)CC1. The van der Waals surface area contributed by atoms with E-state index in [0.717, 1.165) is 42.4 Å². The van der Waals surface area contributed by atoms with Crippen LogP contribution in [0.25, 0.3) is 6.08 Å². The molecule has 0 atom stereocenters.